The Hall–Kier alpha value is -1.76. The van der Waals surface area contributed by atoms with Crippen molar-refractivity contribution in [1.82, 2.24) is 10.6 Å². The Labute approximate surface area is 173 Å². The first-order valence-electron chi connectivity index (χ1n) is 8.99. The first kappa shape index (κ1) is 20.6. The fraction of sp³-hybridized carbons (Fsp3) is 0.381. The van der Waals surface area contributed by atoms with Crippen LogP contribution in [-0.4, -0.2) is 32.7 Å². The molecule has 140 valence electrons. The fourth-order valence-electron chi connectivity index (χ4n) is 3.02. The number of hydrogen-bond acceptors (Lipinski definition) is 2. The third-order valence-corrected chi connectivity index (χ3v) is 4.51. The molecule has 2 N–H and O–H groups in total. The van der Waals surface area contributed by atoms with Gasteiger partial charge < -0.3 is 15.4 Å². The average molecular weight is 465 g/mol. The molecule has 4 nitrogen and oxygen atoms in total. The van der Waals surface area contributed by atoms with Gasteiger partial charge in [-0.05, 0) is 42.5 Å². The number of ether oxygens (including phenoxy) is 1. The monoisotopic (exact) mass is 465 g/mol. The van der Waals surface area contributed by atoms with Gasteiger partial charge in [-0.2, -0.15) is 0 Å². The van der Waals surface area contributed by atoms with Crippen molar-refractivity contribution in [3.8, 4) is 5.75 Å². The Morgan fingerprint density at radius 3 is 2.35 bits per heavy atom. The number of hydrogen-bond donors (Lipinski definition) is 2. The van der Waals surface area contributed by atoms with E-state index in [0.29, 0.717) is 0 Å². The maximum atomic E-state index is 5.56. The summed E-state index contributed by atoms with van der Waals surface area (Å²) in [6, 6.07) is 15.2. The minimum absolute atomic E-state index is 0. The van der Waals surface area contributed by atoms with E-state index in [-0.39, 0.29) is 24.0 Å². The van der Waals surface area contributed by atoms with Crippen molar-refractivity contribution in [3.63, 3.8) is 0 Å². The molecule has 3 rings (SSSR count). The van der Waals surface area contributed by atoms with Gasteiger partial charge in [0.25, 0.3) is 0 Å². The Bertz CT molecular complexity index is 729. The minimum atomic E-state index is 0. The van der Waals surface area contributed by atoms with Gasteiger partial charge in [0.2, 0.25) is 0 Å². The molecule has 0 radical (unpaired) electrons. The van der Waals surface area contributed by atoms with Crippen LogP contribution in [0.1, 0.15) is 22.3 Å². The molecule has 2 aromatic carbocycles. The van der Waals surface area contributed by atoms with Crippen LogP contribution in [0, 0.1) is 6.92 Å². The zero-order chi connectivity index (χ0) is 17.5. The predicted molar refractivity (Wildman–Crippen MR) is 119 cm³/mol. The zero-order valence-corrected chi connectivity index (χ0v) is 17.9. The highest BCUT2D eigenvalue weighted by Gasteiger charge is 2.11. The zero-order valence-electron chi connectivity index (χ0n) is 15.5. The lowest BCUT2D eigenvalue weighted by Gasteiger charge is -2.12. The summed E-state index contributed by atoms with van der Waals surface area (Å²) in [6.07, 6.45) is 3.00. The van der Waals surface area contributed by atoms with Gasteiger partial charge in [-0.25, -0.2) is 0 Å². The maximum Gasteiger partial charge on any atom is 0.190 e. The minimum Gasteiger partial charge on any atom is -0.493 e. The molecule has 1 heterocycles. The number of halogens is 1. The molecule has 26 heavy (non-hydrogen) atoms. The molecule has 0 aliphatic carbocycles. The molecule has 0 spiro atoms. The van der Waals surface area contributed by atoms with Crippen molar-refractivity contribution in [2.45, 2.75) is 26.2 Å². The molecular formula is C21H28IN3O. The Balaban J connectivity index is 0.00000243. The summed E-state index contributed by atoms with van der Waals surface area (Å²) < 4.78 is 5.56. The van der Waals surface area contributed by atoms with Crippen LogP contribution in [-0.2, 0) is 19.3 Å². The van der Waals surface area contributed by atoms with Gasteiger partial charge in [-0.15, -0.1) is 24.0 Å². The molecule has 0 bridgehead atoms. The number of rotatable bonds is 6. The number of benzene rings is 2. The van der Waals surface area contributed by atoms with E-state index in [1.54, 1.807) is 0 Å². The molecule has 1 aliphatic heterocycles. The fourth-order valence-corrected chi connectivity index (χ4v) is 3.02. The third kappa shape index (κ3) is 5.90. The summed E-state index contributed by atoms with van der Waals surface area (Å²) in [5.41, 5.74) is 5.31. The summed E-state index contributed by atoms with van der Waals surface area (Å²) >= 11 is 0. The van der Waals surface area contributed by atoms with Crippen molar-refractivity contribution in [1.29, 1.82) is 0 Å². The predicted octanol–water partition coefficient (Wildman–Crippen LogP) is 3.50. The smallest absolute Gasteiger partial charge is 0.190 e. The van der Waals surface area contributed by atoms with Crippen molar-refractivity contribution >= 4 is 29.9 Å². The van der Waals surface area contributed by atoms with Crippen LogP contribution in [0.2, 0.25) is 0 Å². The molecule has 0 aromatic heterocycles. The molecule has 0 unspecified atom stereocenters. The SMILES string of the molecule is CN=C(NCCc1ccc(C)cc1)NCCc1ccc2c(c1)CCO2.I. The van der Waals surface area contributed by atoms with Gasteiger partial charge in [-0.1, -0.05) is 42.0 Å². The van der Waals surface area contributed by atoms with Crippen LogP contribution >= 0.6 is 24.0 Å². The molecule has 0 fully saturated rings. The van der Waals surface area contributed by atoms with E-state index in [2.05, 4.69) is 65.0 Å². The van der Waals surface area contributed by atoms with Crippen LogP contribution in [0.15, 0.2) is 47.5 Å². The number of fused-ring (bicyclic) bond motifs is 1. The van der Waals surface area contributed by atoms with E-state index in [9.17, 15) is 0 Å². The van der Waals surface area contributed by atoms with Crippen LogP contribution in [0.4, 0.5) is 0 Å². The number of nitrogens with zero attached hydrogens (tertiary/aromatic N) is 1. The lowest BCUT2D eigenvalue weighted by Crippen LogP contribution is -2.39. The highest BCUT2D eigenvalue weighted by molar-refractivity contribution is 14.0. The molecule has 0 saturated carbocycles. The van der Waals surface area contributed by atoms with E-state index in [1.807, 2.05) is 7.05 Å². The van der Waals surface area contributed by atoms with Crippen molar-refractivity contribution in [2.75, 3.05) is 26.7 Å². The quantitative estimate of drug-likeness (QED) is 0.390. The topological polar surface area (TPSA) is 45.7 Å². The molecule has 1 aliphatic rings. The average Bonchev–Trinajstić information content (AvgIpc) is 3.10. The van der Waals surface area contributed by atoms with Crippen LogP contribution in [0.25, 0.3) is 0 Å². The van der Waals surface area contributed by atoms with E-state index in [4.69, 9.17) is 4.74 Å². The Morgan fingerprint density at radius 1 is 1.00 bits per heavy atom. The number of aryl methyl sites for hydroxylation is 1. The van der Waals surface area contributed by atoms with Crippen molar-refractivity contribution in [2.24, 2.45) is 4.99 Å². The number of nitrogens with one attached hydrogen (secondary N) is 2. The van der Waals surface area contributed by atoms with Gasteiger partial charge in [0.05, 0.1) is 6.61 Å². The van der Waals surface area contributed by atoms with Crippen LogP contribution in [0.5, 0.6) is 5.75 Å². The second-order valence-electron chi connectivity index (χ2n) is 6.45. The van der Waals surface area contributed by atoms with Crippen LogP contribution in [0.3, 0.4) is 0 Å². The lowest BCUT2D eigenvalue weighted by atomic mass is 10.1. The third-order valence-electron chi connectivity index (χ3n) is 4.51. The Kier molecular flexibility index (Phi) is 8.22. The van der Waals surface area contributed by atoms with Gasteiger partial charge in [-0.3, -0.25) is 4.99 Å². The van der Waals surface area contributed by atoms with Gasteiger partial charge >= 0.3 is 0 Å². The summed E-state index contributed by atoms with van der Waals surface area (Å²) in [7, 11) is 1.81. The lowest BCUT2D eigenvalue weighted by molar-refractivity contribution is 0.357. The van der Waals surface area contributed by atoms with Gasteiger partial charge in [0, 0.05) is 26.6 Å². The molecule has 0 atom stereocenters. The molecular weight excluding hydrogens is 437 g/mol. The van der Waals surface area contributed by atoms with E-state index in [0.717, 1.165) is 50.7 Å². The molecule has 0 amide bonds. The summed E-state index contributed by atoms with van der Waals surface area (Å²) in [5.74, 6) is 1.90. The Morgan fingerprint density at radius 2 is 1.65 bits per heavy atom. The first-order valence-corrected chi connectivity index (χ1v) is 8.99. The summed E-state index contributed by atoms with van der Waals surface area (Å²) in [5, 5.41) is 6.77. The number of guanidine groups is 1. The molecule has 2 aromatic rings. The molecule has 0 saturated heterocycles. The maximum absolute atomic E-state index is 5.56. The van der Waals surface area contributed by atoms with Crippen LogP contribution < -0.4 is 15.4 Å². The first-order chi connectivity index (χ1) is 12.2. The number of aliphatic imine (C=N–C) groups is 1. The van der Waals surface area contributed by atoms with E-state index >= 15 is 0 Å². The van der Waals surface area contributed by atoms with Gasteiger partial charge in [0.15, 0.2) is 5.96 Å². The van der Waals surface area contributed by atoms with Crippen molar-refractivity contribution < 1.29 is 4.74 Å². The second-order valence-corrected chi connectivity index (χ2v) is 6.45. The standard InChI is InChI=1S/C21H27N3O.HI/c1-16-3-5-17(6-4-16)9-12-23-21(22-2)24-13-10-18-7-8-20-19(15-18)11-14-25-20;/h3-8,15H,9-14H2,1-2H3,(H2,22,23,24);1H. The van der Waals surface area contributed by atoms with E-state index in [1.165, 1.54) is 22.3 Å². The summed E-state index contributed by atoms with van der Waals surface area (Å²) in [6.45, 7) is 4.67. The highest BCUT2D eigenvalue weighted by Crippen LogP contribution is 2.25. The second kappa shape index (κ2) is 10.4. The largest absolute Gasteiger partial charge is 0.493 e. The van der Waals surface area contributed by atoms with Crippen molar-refractivity contribution in [3.05, 3.63) is 64.7 Å². The highest BCUT2D eigenvalue weighted by atomic mass is 127. The van der Waals surface area contributed by atoms with Gasteiger partial charge in [0.1, 0.15) is 5.75 Å². The molecule has 5 heteroatoms. The van der Waals surface area contributed by atoms with E-state index < -0.39 is 0 Å². The summed E-state index contributed by atoms with van der Waals surface area (Å²) in [4.78, 5) is 4.30. The normalized spacial score (nSPS) is 12.8.